The highest BCUT2D eigenvalue weighted by Gasteiger charge is 2.21. The Morgan fingerprint density at radius 1 is 0.964 bits per heavy atom. The molecule has 148 valence electrons. The lowest BCUT2D eigenvalue weighted by Crippen LogP contribution is -2.22. The van der Waals surface area contributed by atoms with E-state index in [-0.39, 0.29) is 9.79 Å². The molecule has 0 bridgehead atoms. The summed E-state index contributed by atoms with van der Waals surface area (Å²) < 4.78 is 55.1. The number of hydrogen-bond donors (Lipinski definition) is 1. The fraction of sp³-hybridized carbons (Fsp3) is 0.176. The van der Waals surface area contributed by atoms with Crippen LogP contribution in [0.5, 0.6) is 0 Å². The van der Waals surface area contributed by atoms with Gasteiger partial charge in [0.15, 0.2) is 5.82 Å². The average molecular weight is 422 g/mol. The predicted molar refractivity (Wildman–Crippen MR) is 105 cm³/mol. The summed E-state index contributed by atoms with van der Waals surface area (Å²) in [5, 5.41) is 7.81. The highest BCUT2D eigenvalue weighted by atomic mass is 32.2. The Bertz CT molecular complexity index is 1200. The number of rotatable bonds is 6. The quantitative estimate of drug-likeness (QED) is 0.646. The molecule has 1 aromatic heterocycles. The molecule has 0 unspecified atom stereocenters. The van der Waals surface area contributed by atoms with Crippen LogP contribution >= 0.6 is 0 Å². The fourth-order valence-corrected chi connectivity index (χ4v) is 4.59. The van der Waals surface area contributed by atoms with Crippen LogP contribution in [-0.4, -0.2) is 50.0 Å². The topological polar surface area (TPSA) is 114 Å². The SMILES string of the molecule is CN(C)S(=O)(=O)c1cccc(S(=O)(=O)Nc2ccc(-c3nncn3C)cc2)c1. The molecule has 28 heavy (non-hydrogen) atoms. The first-order valence-electron chi connectivity index (χ1n) is 8.11. The van der Waals surface area contributed by atoms with Gasteiger partial charge in [-0.2, -0.15) is 0 Å². The maximum absolute atomic E-state index is 12.7. The van der Waals surface area contributed by atoms with Crippen molar-refractivity contribution in [2.75, 3.05) is 18.8 Å². The van der Waals surface area contributed by atoms with E-state index in [9.17, 15) is 16.8 Å². The maximum Gasteiger partial charge on any atom is 0.261 e. The third-order valence-corrected chi connectivity index (χ3v) is 7.19. The summed E-state index contributed by atoms with van der Waals surface area (Å²) in [6, 6.07) is 11.8. The van der Waals surface area contributed by atoms with Gasteiger partial charge in [-0.1, -0.05) is 6.07 Å². The van der Waals surface area contributed by atoms with Gasteiger partial charge in [-0.3, -0.25) is 4.72 Å². The number of sulfonamides is 2. The van der Waals surface area contributed by atoms with E-state index in [1.807, 2.05) is 0 Å². The first kappa shape index (κ1) is 20.0. The summed E-state index contributed by atoms with van der Waals surface area (Å²) in [6.45, 7) is 0. The van der Waals surface area contributed by atoms with Gasteiger partial charge in [-0.05, 0) is 42.5 Å². The van der Waals surface area contributed by atoms with Crippen molar-refractivity contribution in [3.05, 3.63) is 54.9 Å². The maximum atomic E-state index is 12.7. The molecule has 0 aliphatic carbocycles. The summed E-state index contributed by atoms with van der Waals surface area (Å²) in [6.07, 6.45) is 1.57. The standard InChI is InChI=1S/C17H19N5O4S2/c1-21(2)28(25,26)16-6-4-5-15(11-16)27(23,24)20-14-9-7-13(8-10-14)17-19-18-12-22(17)3/h4-12,20H,1-3H3. The second-order valence-corrected chi connectivity index (χ2v) is 10.0. The molecule has 0 aliphatic rings. The molecule has 0 amide bonds. The molecular weight excluding hydrogens is 402 g/mol. The van der Waals surface area contributed by atoms with E-state index >= 15 is 0 Å². The number of nitrogens with zero attached hydrogens (tertiary/aromatic N) is 4. The minimum Gasteiger partial charge on any atom is -0.317 e. The Balaban J connectivity index is 1.88. The average Bonchev–Trinajstić information content (AvgIpc) is 3.08. The van der Waals surface area contributed by atoms with Crippen LogP contribution in [0.4, 0.5) is 5.69 Å². The predicted octanol–water partition coefficient (Wildman–Crippen LogP) is 1.53. The van der Waals surface area contributed by atoms with Crippen molar-refractivity contribution >= 4 is 25.7 Å². The van der Waals surface area contributed by atoms with Crippen LogP contribution in [0.3, 0.4) is 0 Å². The first-order valence-corrected chi connectivity index (χ1v) is 11.0. The van der Waals surface area contributed by atoms with Crippen LogP contribution in [0, 0.1) is 0 Å². The van der Waals surface area contributed by atoms with Crippen molar-refractivity contribution in [2.24, 2.45) is 7.05 Å². The Hall–Kier alpha value is -2.76. The van der Waals surface area contributed by atoms with Gasteiger partial charge in [0, 0.05) is 32.4 Å². The Labute approximate surface area is 163 Å². The smallest absolute Gasteiger partial charge is 0.261 e. The van der Waals surface area contributed by atoms with Gasteiger partial charge in [-0.25, -0.2) is 21.1 Å². The van der Waals surface area contributed by atoms with E-state index in [1.165, 1.54) is 32.3 Å². The lowest BCUT2D eigenvalue weighted by atomic mass is 10.2. The van der Waals surface area contributed by atoms with Gasteiger partial charge >= 0.3 is 0 Å². The monoisotopic (exact) mass is 421 g/mol. The molecular formula is C17H19N5O4S2. The zero-order chi connectivity index (χ0) is 20.5. The summed E-state index contributed by atoms with van der Waals surface area (Å²) in [5.41, 5.74) is 1.12. The van der Waals surface area contributed by atoms with E-state index in [0.29, 0.717) is 11.5 Å². The molecule has 3 rings (SSSR count). The molecule has 0 fully saturated rings. The van der Waals surface area contributed by atoms with Crippen LogP contribution in [0.15, 0.2) is 64.6 Å². The van der Waals surface area contributed by atoms with Crippen LogP contribution in [-0.2, 0) is 27.1 Å². The zero-order valence-corrected chi connectivity index (χ0v) is 17.1. The fourth-order valence-electron chi connectivity index (χ4n) is 2.46. The van der Waals surface area contributed by atoms with Crippen LogP contribution in [0.25, 0.3) is 11.4 Å². The second-order valence-electron chi connectivity index (χ2n) is 6.21. The molecule has 0 saturated carbocycles. The number of anilines is 1. The third-order valence-electron chi connectivity index (χ3n) is 4.00. The number of benzene rings is 2. The van der Waals surface area contributed by atoms with Crippen LogP contribution in [0.2, 0.25) is 0 Å². The van der Waals surface area contributed by atoms with Crippen molar-refractivity contribution in [3.63, 3.8) is 0 Å². The molecule has 2 aromatic carbocycles. The van der Waals surface area contributed by atoms with E-state index in [2.05, 4.69) is 14.9 Å². The molecule has 0 radical (unpaired) electrons. The molecule has 0 aliphatic heterocycles. The molecule has 3 aromatic rings. The Kier molecular flexibility index (Phi) is 5.24. The lowest BCUT2D eigenvalue weighted by molar-refractivity contribution is 0.520. The van der Waals surface area contributed by atoms with Crippen molar-refractivity contribution in [3.8, 4) is 11.4 Å². The minimum absolute atomic E-state index is 0.0991. The van der Waals surface area contributed by atoms with Crippen LogP contribution < -0.4 is 4.72 Å². The third kappa shape index (κ3) is 3.91. The minimum atomic E-state index is -3.96. The highest BCUT2D eigenvalue weighted by Crippen LogP contribution is 2.23. The largest absolute Gasteiger partial charge is 0.317 e. The molecule has 0 atom stereocenters. The van der Waals surface area contributed by atoms with Gasteiger partial charge in [0.1, 0.15) is 6.33 Å². The lowest BCUT2D eigenvalue weighted by Gasteiger charge is -2.13. The van der Waals surface area contributed by atoms with E-state index < -0.39 is 20.0 Å². The normalized spacial score (nSPS) is 12.3. The van der Waals surface area contributed by atoms with Crippen molar-refractivity contribution < 1.29 is 16.8 Å². The summed E-state index contributed by atoms with van der Waals surface area (Å²) in [7, 11) is -3.13. The van der Waals surface area contributed by atoms with Gasteiger partial charge in [0.25, 0.3) is 10.0 Å². The molecule has 9 nitrogen and oxygen atoms in total. The van der Waals surface area contributed by atoms with E-state index in [0.717, 1.165) is 15.9 Å². The van der Waals surface area contributed by atoms with Gasteiger partial charge in [-0.15, -0.1) is 10.2 Å². The van der Waals surface area contributed by atoms with E-state index in [4.69, 9.17) is 0 Å². The Morgan fingerprint density at radius 3 is 2.18 bits per heavy atom. The van der Waals surface area contributed by atoms with Crippen molar-refractivity contribution in [2.45, 2.75) is 9.79 Å². The van der Waals surface area contributed by atoms with Crippen LogP contribution in [0.1, 0.15) is 0 Å². The zero-order valence-electron chi connectivity index (χ0n) is 15.4. The number of hydrogen-bond acceptors (Lipinski definition) is 6. The van der Waals surface area contributed by atoms with Gasteiger partial charge < -0.3 is 4.57 Å². The first-order chi connectivity index (χ1) is 13.1. The molecule has 1 heterocycles. The molecule has 0 spiro atoms. The van der Waals surface area contributed by atoms with Gasteiger partial charge in [0.2, 0.25) is 10.0 Å². The molecule has 0 saturated heterocycles. The molecule has 1 N–H and O–H groups in total. The van der Waals surface area contributed by atoms with E-state index in [1.54, 1.807) is 42.2 Å². The Morgan fingerprint density at radius 2 is 1.61 bits per heavy atom. The summed E-state index contributed by atoms with van der Waals surface area (Å²) >= 11 is 0. The van der Waals surface area contributed by atoms with Crippen molar-refractivity contribution in [1.29, 1.82) is 0 Å². The number of nitrogens with one attached hydrogen (secondary N) is 1. The number of aryl methyl sites for hydroxylation is 1. The van der Waals surface area contributed by atoms with Crippen molar-refractivity contribution in [1.82, 2.24) is 19.1 Å². The molecule has 11 heteroatoms. The number of aromatic nitrogens is 3. The highest BCUT2D eigenvalue weighted by molar-refractivity contribution is 7.93. The second kappa shape index (κ2) is 7.34. The summed E-state index contributed by atoms with van der Waals surface area (Å²) in [4.78, 5) is -0.245. The van der Waals surface area contributed by atoms with Gasteiger partial charge in [0.05, 0.1) is 9.79 Å². The summed E-state index contributed by atoms with van der Waals surface area (Å²) in [5.74, 6) is 0.649.